The Kier molecular flexibility index (Phi) is 5.52. The van der Waals surface area contributed by atoms with E-state index in [-0.39, 0.29) is 23.6 Å². The average Bonchev–Trinajstić information content (AvgIpc) is 3.01. The van der Waals surface area contributed by atoms with Crippen LogP contribution in [0.5, 0.6) is 5.75 Å². The largest absolute Gasteiger partial charge is 0.497 e. The molecule has 0 fully saturated rings. The maximum absolute atomic E-state index is 12.6. The highest BCUT2D eigenvalue weighted by atomic mass is 32.2. The van der Waals surface area contributed by atoms with E-state index in [0.29, 0.717) is 11.3 Å². The number of rotatable bonds is 7. The molecular formula is C18H18N2O7S. The minimum Gasteiger partial charge on any atom is -0.497 e. The maximum atomic E-state index is 12.6. The molecule has 148 valence electrons. The minimum absolute atomic E-state index is 0.0567. The van der Waals surface area contributed by atoms with Gasteiger partial charge < -0.3 is 13.9 Å². The van der Waals surface area contributed by atoms with E-state index < -0.39 is 21.7 Å². The van der Waals surface area contributed by atoms with Gasteiger partial charge >= 0.3 is 11.7 Å². The van der Waals surface area contributed by atoms with E-state index in [1.54, 1.807) is 31.4 Å². The van der Waals surface area contributed by atoms with E-state index in [0.717, 1.165) is 10.1 Å². The molecule has 0 spiro atoms. The summed E-state index contributed by atoms with van der Waals surface area (Å²) in [5.41, 5.74) is 1.10. The van der Waals surface area contributed by atoms with Crippen LogP contribution in [0.15, 0.2) is 56.6 Å². The number of fused-ring (bicyclic) bond motifs is 1. The van der Waals surface area contributed by atoms with Gasteiger partial charge in [-0.25, -0.2) is 17.9 Å². The molecule has 0 aliphatic rings. The first-order valence-corrected chi connectivity index (χ1v) is 9.65. The fraction of sp³-hybridized carbons (Fsp3) is 0.222. The molecule has 1 heterocycles. The normalized spacial score (nSPS) is 11.5. The molecule has 3 aromatic rings. The first kappa shape index (κ1) is 19.6. The molecule has 10 heteroatoms. The fourth-order valence-electron chi connectivity index (χ4n) is 2.56. The molecule has 0 aliphatic carbocycles. The van der Waals surface area contributed by atoms with Crippen molar-refractivity contribution in [3.63, 3.8) is 0 Å². The summed E-state index contributed by atoms with van der Waals surface area (Å²) in [5, 5.41) is 0. The van der Waals surface area contributed by atoms with Crippen molar-refractivity contribution >= 4 is 27.1 Å². The van der Waals surface area contributed by atoms with Crippen molar-refractivity contribution in [3.05, 3.63) is 58.6 Å². The topological polar surface area (TPSA) is 117 Å². The number of esters is 1. The predicted octanol–water partition coefficient (Wildman–Crippen LogP) is 1.25. The van der Waals surface area contributed by atoms with Crippen LogP contribution in [0.2, 0.25) is 0 Å². The second-order valence-electron chi connectivity index (χ2n) is 5.83. The number of methoxy groups -OCH3 is 2. The van der Waals surface area contributed by atoms with Crippen molar-refractivity contribution in [1.82, 2.24) is 9.29 Å². The van der Waals surface area contributed by atoms with Crippen LogP contribution in [0.4, 0.5) is 0 Å². The Hall–Kier alpha value is -3.11. The van der Waals surface area contributed by atoms with Gasteiger partial charge in [-0.1, -0.05) is 12.1 Å². The summed E-state index contributed by atoms with van der Waals surface area (Å²) in [6, 6.07) is 10.9. The summed E-state index contributed by atoms with van der Waals surface area (Å²) in [5.74, 6) is -0.729. The molecule has 9 nitrogen and oxygen atoms in total. The highest BCUT2D eigenvalue weighted by Gasteiger charge is 2.18. The van der Waals surface area contributed by atoms with Gasteiger partial charge in [0.15, 0.2) is 5.58 Å². The third kappa shape index (κ3) is 4.07. The maximum Gasteiger partial charge on any atom is 0.420 e. The van der Waals surface area contributed by atoms with Crippen LogP contribution in [0.1, 0.15) is 5.56 Å². The molecule has 2 aromatic carbocycles. The van der Waals surface area contributed by atoms with Gasteiger partial charge in [0.25, 0.3) is 0 Å². The summed E-state index contributed by atoms with van der Waals surface area (Å²) < 4.78 is 43.3. The number of sulfonamides is 1. The van der Waals surface area contributed by atoms with Crippen LogP contribution in [0.3, 0.4) is 0 Å². The Bertz CT molecular complexity index is 1160. The Labute approximate surface area is 160 Å². The molecule has 0 saturated carbocycles. The van der Waals surface area contributed by atoms with E-state index in [9.17, 15) is 18.0 Å². The predicted molar refractivity (Wildman–Crippen MR) is 99.5 cm³/mol. The molecule has 0 radical (unpaired) electrons. The molecule has 0 bridgehead atoms. The van der Waals surface area contributed by atoms with E-state index in [4.69, 9.17) is 9.15 Å². The summed E-state index contributed by atoms with van der Waals surface area (Å²) in [4.78, 5) is 23.3. The van der Waals surface area contributed by atoms with Gasteiger partial charge in [-0.3, -0.25) is 9.36 Å². The lowest BCUT2D eigenvalue weighted by molar-refractivity contribution is -0.141. The smallest absolute Gasteiger partial charge is 0.420 e. The number of carbonyl (C=O) groups excluding carboxylic acids is 1. The third-order valence-electron chi connectivity index (χ3n) is 4.09. The van der Waals surface area contributed by atoms with E-state index in [1.165, 1.54) is 25.3 Å². The van der Waals surface area contributed by atoms with Crippen molar-refractivity contribution < 1.29 is 27.1 Å². The Morgan fingerprint density at radius 2 is 1.86 bits per heavy atom. The molecule has 1 N–H and O–H groups in total. The van der Waals surface area contributed by atoms with E-state index in [1.807, 2.05) is 0 Å². The quantitative estimate of drug-likeness (QED) is 0.587. The van der Waals surface area contributed by atoms with Gasteiger partial charge in [0.05, 0.1) is 24.6 Å². The van der Waals surface area contributed by atoms with E-state index >= 15 is 0 Å². The van der Waals surface area contributed by atoms with Crippen molar-refractivity contribution in [2.45, 2.75) is 18.0 Å². The number of nitrogens with zero attached hydrogens (tertiary/aromatic N) is 1. The monoisotopic (exact) mass is 406 g/mol. The molecule has 28 heavy (non-hydrogen) atoms. The minimum atomic E-state index is -3.84. The van der Waals surface area contributed by atoms with Crippen molar-refractivity contribution in [2.75, 3.05) is 14.2 Å². The summed E-state index contributed by atoms with van der Waals surface area (Å²) in [6.45, 7) is -0.248. The molecule has 0 atom stereocenters. The lowest BCUT2D eigenvalue weighted by Gasteiger charge is -2.08. The lowest BCUT2D eigenvalue weighted by Crippen LogP contribution is -2.23. The number of aromatic nitrogens is 1. The van der Waals surface area contributed by atoms with Crippen molar-refractivity contribution in [2.24, 2.45) is 0 Å². The van der Waals surface area contributed by atoms with Crippen molar-refractivity contribution in [1.29, 1.82) is 0 Å². The molecular weight excluding hydrogens is 388 g/mol. The Balaban J connectivity index is 1.83. The van der Waals surface area contributed by atoms with Crippen LogP contribution < -0.4 is 15.2 Å². The summed E-state index contributed by atoms with van der Waals surface area (Å²) in [7, 11) is -1.09. The third-order valence-corrected chi connectivity index (χ3v) is 5.49. The second-order valence-corrected chi connectivity index (χ2v) is 7.60. The first-order valence-electron chi connectivity index (χ1n) is 8.17. The fourth-order valence-corrected chi connectivity index (χ4v) is 3.60. The van der Waals surface area contributed by atoms with Crippen LogP contribution >= 0.6 is 0 Å². The molecule has 0 amide bonds. The highest BCUT2D eigenvalue weighted by molar-refractivity contribution is 7.89. The Morgan fingerprint density at radius 1 is 1.14 bits per heavy atom. The zero-order chi connectivity index (χ0) is 20.3. The molecule has 0 unspecified atom stereocenters. The molecule has 0 saturated heterocycles. The second kappa shape index (κ2) is 7.87. The molecule has 3 rings (SSSR count). The molecule has 0 aliphatic heterocycles. The number of benzene rings is 2. The van der Waals surface area contributed by atoms with Crippen molar-refractivity contribution in [3.8, 4) is 5.75 Å². The lowest BCUT2D eigenvalue weighted by atomic mass is 10.2. The SMILES string of the molecule is COC(=O)Cn1c(=O)oc2cc(S(=O)(=O)NCc3ccc(OC)cc3)ccc21. The van der Waals surface area contributed by atoms with Crippen LogP contribution in [0, 0.1) is 0 Å². The number of hydrogen-bond donors (Lipinski definition) is 1. The molecule has 1 aromatic heterocycles. The van der Waals surface area contributed by atoms with Crippen LogP contribution in [0.25, 0.3) is 11.1 Å². The number of ether oxygens (including phenoxy) is 2. The standard InChI is InChI=1S/C18H18N2O7S/c1-25-13-5-3-12(4-6-13)10-19-28(23,24)14-7-8-15-16(9-14)27-18(22)20(15)11-17(21)26-2/h3-9,19H,10-11H2,1-2H3. The number of hydrogen-bond acceptors (Lipinski definition) is 7. The van der Waals surface area contributed by atoms with Crippen LogP contribution in [-0.2, 0) is 32.6 Å². The average molecular weight is 406 g/mol. The zero-order valence-corrected chi connectivity index (χ0v) is 16.0. The van der Waals surface area contributed by atoms with Crippen LogP contribution in [-0.4, -0.2) is 33.2 Å². The highest BCUT2D eigenvalue weighted by Crippen LogP contribution is 2.19. The van der Waals surface area contributed by atoms with Gasteiger partial charge in [0.2, 0.25) is 10.0 Å². The summed E-state index contributed by atoms with van der Waals surface area (Å²) in [6.07, 6.45) is 0. The zero-order valence-electron chi connectivity index (χ0n) is 15.2. The number of carbonyl (C=O) groups is 1. The number of oxazole rings is 1. The van der Waals surface area contributed by atoms with Gasteiger partial charge in [0.1, 0.15) is 12.3 Å². The van der Waals surface area contributed by atoms with Gasteiger partial charge in [-0.15, -0.1) is 0 Å². The number of nitrogens with one attached hydrogen (secondary N) is 1. The van der Waals surface area contributed by atoms with Gasteiger partial charge in [-0.05, 0) is 29.8 Å². The van der Waals surface area contributed by atoms with Gasteiger partial charge in [-0.2, -0.15) is 0 Å². The Morgan fingerprint density at radius 3 is 2.50 bits per heavy atom. The summed E-state index contributed by atoms with van der Waals surface area (Å²) >= 11 is 0. The first-order chi connectivity index (χ1) is 13.3. The van der Waals surface area contributed by atoms with Gasteiger partial charge in [0, 0.05) is 12.6 Å². The van der Waals surface area contributed by atoms with E-state index in [2.05, 4.69) is 9.46 Å².